The quantitative estimate of drug-likeness (QED) is 0.883. The van der Waals surface area contributed by atoms with Crippen molar-refractivity contribution in [3.8, 4) is 5.75 Å². The smallest absolute Gasteiger partial charge is 0.329 e. The Hall–Kier alpha value is -2.04. The number of rotatable bonds is 3. The number of phenolic OH excluding ortho intramolecular Hbond substituents is 1. The molecule has 1 atom stereocenters. The van der Waals surface area contributed by atoms with Gasteiger partial charge in [-0.25, -0.2) is 4.79 Å². The number of carbonyl (C=O) groups is 2. The number of carboxylic acid groups (broad SMARTS) is 1. The summed E-state index contributed by atoms with van der Waals surface area (Å²) in [6, 6.07) is 6.63. The van der Waals surface area contributed by atoms with Crippen LogP contribution in [0.5, 0.6) is 5.75 Å². The molecule has 1 fully saturated rings. The number of phenols is 1. The maximum atomic E-state index is 12.4. The summed E-state index contributed by atoms with van der Waals surface area (Å²) in [5, 5.41) is 19.1. The Kier molecular flexibility index (Phi) is 3.97. The highest BCUT2D eigenvalue weighted by Crippen LogP contribution is 2.29. The molecular weight excluding hydrogens is 258 g/mol. The molecule has 1 aliphatic heterocycles. The fourth-order valence-electron chi connectivity index (χ4n) is 2.66. The molecule has 108 valence electrons. The summed E-state index contributed by atoms with van der Waals surface area (Å²) < 4.78 is 0. The number of hydrogen-bond donors (Lipinski definition) is 2. The van der Waals surface area contributed by atoms with Gasteiger partial charge < -0.3 is 15.1 Å². The monoisotopic (exact) mass is 277 g/mol. The molecule has 5 heteroatoms. The van der Waals surface area contributed by atoms with E-state index in [9.17, 15) is 19.8 Å². The van der Waals surface area contributed by atoms with E-state index < -0.39 is 11.5 Å². The zero-order valence-corrected chi connectivity index (χ0v) is 11.5. The minimum atomic E-state index is -1.14. The number of benzene rings is 1. The highest BCUT2D eigenvalue weighted by Gasteiger charge is 2.43. The molecule has 1 amide bonds. The number of carboxylic acids is 1. The van der Waals surface area contributed by atoms with E-state index in [1.165, 1.54) is 11.0 Å². The van der Waals surface area contributed by atoms with Gasteiger partial charge in [0.15, 0.2) is 0 Å². The summed E-state index contributed by atoms with van der Waals surface area (Å²) in [6.45, 7) is 2.05. The lowest BCUT2D eigenvalue weighted by molar-refractivity contribution is -0.160. The highest BCUT2D eigenvalue weighted by molar-refractivity contribution is 5.88. The lowest BCUT2D eigenvalue weighted by Crippen LogP contribution is -2.57. The highest BCUT2D eigenvalue weighted by atomic mass is 16.4. The summed E-state index contributed by atoms with van der Waals surface area (Å²) in [5.41, 5.74) is -0.615. The van der Waals surface area contributed by atoms with Gasteiger partial charge in [-0.1, -0.05) is 18.2 Å². The molecule has 0 bridgehead atoms. The summed E-state index contributed by atoms with van der Waals surface area (Å²) in [4.78, 5) is 25.3. The third kappa shape index (κ3) is 2.61. The lowest BCUT2D eigenvalue weighted by atomic mass is 9.88. The second-order valence-electron chi connectivity index (χ2n) is 5.39. The van der Waals surface area contributed by atoms with Crippen LogP contribution in [-0.4, -0.2) is 39.1 Å². The number of para-hydroxylation sites is 1. The Morgan fingerprint density at radius 1 is 1.30 bits per heavy atom. The van der Waals surface area contributed by atoms with Crippen LogP contribution in [0.4, 0.5) is 0 Å². The van der Waals surface area contributed by atoms with E-state index in [4.69, 9.17) is 0 Å². The maximum absolute atomic E-state index is 12.4. The molecule has 0 spiro atoms. The van der Waals surface area contributed by atoms with Gasteiger partial charge in [0.1, 0.15) is 11.3 Å². The van der Waals surface area contributed by atoms with Crippen molar-refractivity contribution < 1.29 is 19.8 Å². The first kappa shape index (κ1) is 14.4. The molecule has 5 nitrogen and oxygen atoms in total. The zero-order chi connectivity index (χ0) is 14.8. The summed E-state index contributed by atoms with van der Waals surface area (Å²) in [7, 11) is 0. The van der Waals surface area contributed by atoms with E-state index in [-0.39, 0.29) is 18.1 Å². The molecule has 0 aliphatic carbocycles. The van der Waals surface area contributed by atoms with Gasteiger partial charge in [-0.3, -0.25) is 4.79 Å². The van der Waals surface area contributed by atoms with Gasteiger partial charge >= 0.3 is 5.97 Å². The fraction of sp³-hybridized carbons (Fsp3) is 0.467. The van der Waals surface area contributed by atoms with Crippen LogP contribution in [-0.2, 0) is 16.0 Å². The van der Waals surface area contributed by atoms with Crippen molar-refractivity contribution in [3.63, 3.8) is 0 Å². The van der Waals surface area contributed by atoms with Gasteiger partial charge in [0.25, 0.3) is 0 Å². The Bertz CT molecular complexity index is 528. The van der Waals surface area contributed by atoms with Crippen LogP contribution in [0.2, 0.25) is 0 Å². The topological polar surface area (TPSA) is 77.8 Å². The van der Waals surface area contributed by atoms with Crippen LogP contribution in [0, 0.1) is 0 Å². The van der Waals surface area contributed by atoms with Crippen molar-refractivity contribution in [1.82, 2.24) is 4.90 Å². The number of aromatic hydroxyl groups is 1. The van der Waals surface area contributed by atoms with Crippen molar-refractivity contribution in [2.45, 2.75) is 38.1 Å². The van der Waals surface area contributed by atoms with Gasteiger partial charge in [-0.2, -0.15) is 0 Å². The average molecular weight is 277 g/mol. The van der Waals surface area contributed by atoms with Crippen LogP contribution in [0.15, 0.2) is 24.3 Å². The predicted octanol–water partition coefficient (Wildman–Crippen LogP) is 1.79. The molecule has 0 saturated carbocycles. The van der Waals surface area contributed by atoms with E-state index in [1.807, 2.05) is 0 Å². The maximum Gasteiger partial charge on any atom is 0.329 e. The molecular formula is C15H19NO4. The zero-order valence-electron chi connectivity index (χ0n) is 11.5. The molecule has 1 aromatic rings. The third-order valence-corrected chi connectivity index (χ3v) is 3.99. The van der Waals surface area contributed by atoms with Gasteiger partial charge in [-0.05, 0) is 32.3 Å². The van der Waals surface area contributed by atoms with Gasteiger partial charge in [0.2, 0.25) is 5.91 Å². The Balaban J connectivity index is 2.19. The number of carbonyl (C=O) groups excluding carboxylic acids is 1. The van der Waals surface area contributed by atoms with Crippen LogP contribution in [0.3, 0.4) is 0 Å². The minimum Gasteiger partial charge on any atom is -0.508 e. The molecule has 0 aromatic heterocycles. The SMILES string of the molecule is CC1(C(=O)O)CCCCN1C(=O)Cc1ccccc1O. The largest absolute Gasteiger partial charge is 0.508 e. The Morgan fingerprint density at radius 2 is 2.00 bits per heavy atom. The first-order valence-electron chi connectivity index (χ1n) is 6.76. The standard InChI is InChI=1S/C15H19NO4/c1-15(14(19)20)8-4-5-9-16(15)13(18)10-11-6-2-3-7-12(11)17/h2-3,6-7,17H,4-5,8-10H2,1H3,(H,19,20). The van der Waals surface area contributed by atoms with Crippen LogP contribution >= 0.6 is 0 Å². The first-order valence-corrected chi connectivity index (χ1v) is 6.76. The molecule has 1 heterocycles. The fourth-order valence-corrected chi connectivity index (χ4v) is 2.66. The second kappa shape index (κ2) is 5.53. The molecule has 1 aliphatic rings. The predicted molar refractivity (Wildman–Crippen MR) is 73.4 cm³/mol. The molecule has 1 unspecified atom stereocenters. The van der Waals surface area contributed by atoms with Crippen molar-refractivity contribution >= 4 is 11.9 Å². The number of amides is 1. The molecule has 0 radical (unpaired) electrons. The number of nitrogens with zero attached hydrogens (tertiary/aromatic N) is 1. The lowest BCUT2D eigenvalue weighted by Gasteiger charge is -2.41. The number of aliphatic carboxylic acids is 1. The average Bonchev–Trinajstić information content (AvgIpc) is 2.41. The first-order chi connectivity index (χ1) is 9.45. The molecule has 2 N–H and O–H groups in total. The summed E-state index contributed by atoms with van der Waals surface area (Å²) >= 11 is 0. The van der Waals surface area contributed by atoms with Crippen molar-refractivity contribution in [1.29, 1.82) is 0 Å². The minimum absolute atomic E-state index is 0.0234. The second-order valence-corrected chi connectivity index (χ2v) is 5.39. The van der Waals surface area contributed by atoms with Crippen molar-refractivity contribution in [3.05, 3.63) is 29.8 Å². The van der Waals surface area contributed by atoms with E-state index in [0.29, 0.717) is 18.5 Å². The molecule has 1 aromatic carbocycles. The molecule has 1 saturated heterocycles. The number of likely N-dealkylation sites (tertiary alicyclic amines) is 1. The van der Waals surface area contributed by atoms with Gasteiger partial charge in [0, 0.05) is 12.1 Å². The van der Waals surface area contributed by atoms with Crippen LogP contribution in [0.1, 0.15) is 31.7 Å². The normalized spacial score (nSPS) is 22.6. The van der Waals surface area contributed by atoms with E-state index in [2.05, 4.69) is 0 Å². The van der Waals surface area contributed by atoms with Crippen LogP contribution < -0.4 is 0 Å². The molecule has 2 rings (SSSR count). The van der Waals surface area contributed by atoms with E-state index in [1.54, 1.807) is 25.1 Å². The van der Waals surface area contributed by atoms with E-state index >= 15 is 0 Å². The van der Waals surface area contributed by atoms with Crippen molar-refractivity contribution in [2.75, 3.05) is 6.54 Å². The third-order valence-electron chi connectivity index (χ3n) is 3.99. The summed E-state index contributed by atoms with van der Waals surface area (Å²) in [5.74, 6) is -1.16. The number of piperidine rings is 1. The van der Waals surface area contributed by atoms with Crippen molar-refractivity contribution in [2.24, 2.45) is 0 Å². The number of hydrogen-bond acceptors (Lipinski definition) is 3. The van der Waals surface area contributed by atoms with Gasteiger partial charge in [-0.15, -0.1) is 0 Å². The Labute approximate surface area is 117 Å². The van der Waals surface area contributed by atoms with Crippen LogP contribution in [0.25, 0.3) is 0 Å². The van der Waals surface area contributed by atoms with Gasteiger partial charge in [0.05, 0.1) is 6.42 Å². The molecule has 20 heavy (non-hydrogen) atoms. The Morgan fingerprint density at radius 3 is 2.65 bits per heavy atom. The van der Waals surface area contributed by atoms with E-state index in [0.717, 1.165) is 12.8 Å². The summed E-state index contributed by atoms with van der Waals surface area (Å²) in [6.07, 6.45) is 2.11.